The summed E-state index contributed by atoms with van der Waals surface area (Å²) in [7, 11) is 0. The molecule has 29 heavy (non-hydrogen) atoms. The van der Waals surface area contributed by atoms with Crippen molar-refractivity contribution in [2.75, 3.05) is 6.61 Å². The average Bonchev–Trinajstić information content (AvgIpc) is 3.27. The monoisotopic (exact) mass is 393 g/mol. The van der Waals surface area contributed by atoms with Crippen molar-refractivity contribution in [1.82, 2.24) is 15.5 Å². The lowest BCUT2D eigenvalue weighted by molar-refractivity contribution is -0.137. The highest BCUT2D eigenvalue weighted by Gasteiger charge is 2.30. The number of aromatic nitrogens is 2. The van der Waals surface area contributed by atoms with Crippen LogP contribution in [-0.4, -0.2) is 33.9 Å². The molecule has 0 saturated heterocycles. The van der Waals surface area contributed by atoms with E-state index in [9.17, 15) is 9.59 Å². The predicted molar refractivity (Wildman–Crippen MR) is 102 cm³/mol. The summed E-state index contributed by atoms with van der Waals surface area (Å²) >= 11 is 0. The SMILES string of the molecule is Cc1noc([C@H](CC(=O)O)NC(=O)OCC2c3ccccc3-c3ccccc32)n1. The number of amides is 1. The first-order chi connectivity index (χ1) is 14.0. The Labute approximate surface area is 166 Å². The number of nitrogens with one attached hydrogen (secondary N) is 1. The largest absolute Gasteiger partial charge is 0.481 e. The molecule has 8 heteroatoms. The summed E-state index contributed by atoms with van der Waals surface area (Å²) in [5.41, 5.74) is 4.44. The molecule has 1 atom stereocenters. The van der Waals surface area contributed by atoms with Crippen LogP contribution in [0.4, 0.5) is 4.79 Å². The number of aryl methyl sites for hydroxylation is 1. The molecule has 1 aliphatic carbocycles. The van der Waals surface area contributed by atoms with Crippen LogP contribution in [0.25, 0.3) is 11.1 Å². The standard InChI is InChI=1S/C21H19N3O5/c1-12-22-20(29-24-12)18(10-19(25)26)23-21(27)28-11-17-15-8-4-2-6-13(15)14-7-3-5-9-16(14)17/h2-9,17-18H,10-11H2,1H3,(H,23,27)(H,25,26)/t18-/m0/s1. The molecule has 148 valence electrons. The number of carbonyl (C=O) groups excluding carboxylic acids is 1. The van der Waals surface area contributed by atoms with Gasteiger partial charge in [0.05, 0.1) is 6.42 Å². The van der Waals surface area contributed by atoms with Gasteiger partial charge in [-0.15, -0.1) is 0 Å². The molecule has 1 aliphatic rings. The molecule has 8 nitrogen and oxygen atoms in total. The van der Waals surface area contributed by atoms with Gasteiger partial charge in [0.1, 0.15) is 12.6 Å². The van der Waals surface area contributed by atoms with Gasteiger partial charge in [0, 0.05) is 5.92 Å². The van der Waals surface area contributed by atoms with Crippen LogP contribution < -0.4 is 5.32 Å². The molecular formula is C21H19N3O5. The molecule has 2 aromatic carbocycles. The molecular weight excluding hydrogens is 374 g/mol. The van der Waals surface area contributed by atoms with Gasteiger partial charge in [0.2, 0.25) is 5.89 Å². The van der Waals surface area contributed by atoms with E-state index in [1.807, 2.05) is 36.4 Å². The van der Waals surface area contributed by atoms with E-state index in [1.54, 1.807) is 6.92 Å². The molecule has 1 aromatic heterocycles. The number of carbonyl (C=O) groups is 2. The first-order valence-electron chi connectivity index (χ1n) is 9.16. The summed E-state index contributed by atoms with van der Waals surface area (Å²) in [6.45, 7) is 1.74. The number of rotatable bonds is 6. The molecule has 0 aliphatic heterocycles. The van der Waals surface area contributed by atoms with Gasteiger partial charge in [-0.3, -0.25) is 4.79 Å². The van der Waals surface area contributed by atoms with Gasteiger partial charge < -0.3 is 19.7 Å². The Morgan fingerprint density at radius 1 is 1.14 bits per heavy atom. The predicted octanol–water partition coefficient (Wildman–Crippen LogP) is 3.43. The summed E-state index contributed by atoms with van der Waals surface area (Å²) in [4.78, 5) is 27.5. The number of benzene rings is 2. The van der Waals surface area contributed by atoms with Gasteiger partial charge in [0.15, 0.2) is 5.82 Å². The number of alkyl carbamates (subject to hydrolysis) is 1. The molecule has 2 N–H and O–H groups in total. The molecule has 0 saturated carbocycles. The Kier molecular flexibility index (Phi) is 4.99. The summed E-state index contributed by atoms with van der Waals surface area (Å²) < 4.78 is 10.5. The highest BCUT2D eigenvalue weighted by atomic mass is 16.5. The van der Waals surface area contributed by atoms with Crippen LogP contribution in [0.3, 0.4) is 0 Å². The van der Waals surface area contributed by atoms with Gasteiger partial charge in [-0.1, -0.05) is 53.7 Å². The van der Waals surface area contributed by atoms with E-state index >= 15 is 0 Å². The van der Waals surface area contributed by atoms with Crippen molar-refractivity contribution in [3.05, 3.63) is 71.4 Å². The molecule has 0 unspecified atom stereocenters. The van der Waals surface area contributed by atoms with Crippen LogP contribution >= 0.6 is 0 Å². The van der Waals surface area contributed by atoms with Crippen LogP contribution in [0.5, 0.6) is 0 Å². The lowest BCUT2D eigenvalue weighted by Gasteiger charge is -2.17. The van der Waals surface area contributed by atoms with Gasteiger partial charge in [-0.2, -0.15) is 4.98 Å². The first kappa shape index (κ1) is 18.7. The zero-order valence-corrected chi connectivity index (χ0v) is 15.7. The van der Waals surface area contributed by atoms with Gasteiger partial charge in [-0.05, 0) is 29.2 Å². The molecule has 0 fully saturated rings. The second kappa shape index (κ2) is 7.75. The van der Waals surface area contributed by atoms with Crippen molar-refractivity contribution in [2.45, 2.75) is 25.3 Å². The molecule has 0 bridgehead atoms. The average molecular weight is 393 g/mol. The van der Waals surface area contributed by atoms with E-state index in [-0.39, 0.29) is 18.4 Å². The van der Waals surface area contributed by atoms with Crippen molar-refractivity contribution in [3.63, 3.8) is 0 Å². The second-order valence-corrected chi connectivity index (χ2v) is 6.80. The Balaban J connectivity index is 1.47. The van der Waals surface area contributed by atoms with E-state index in [0.29, 0.717) is 5.82 Å². The van der Waals surface area contributed by atoms with Crippen LogP contribution in [0, 0.1) is 6.92 Å². The third kappa shape index (κ3) is 3.82. The molecule has 0 spiro atoms. The number of carboxylic acids is 1. The maximum atomic E-state index is 12.4. The molecule has 3 aromatic rings. The minimum atomic E-state index is -1.11. The molecule has 0 radical (unpaired) electrons. The van der Waals surface area contributed by atoms with E-state index < -0.39 is 24.5 Å². The molecule has 1 heterocycles. The quantitative estimate of drug-likeness (QED) is 0.659. The lowest BCUT2D eigenvalue weighted by Crippen LogP contribution is -2.32. The number of hydrogen-bond donors (Lipinski definition) is 2. The van der Waals surface area contributed by atoms with Crippen LogP contribution in [0.1, 0.15) is 41.2 Å². The smallest absolute Gasteiger partial charge is 0.407 e. The van der Waals surface area contributed by atoms with Crippen molar-refractivity contribution < 1.29 is 24.0 Å². The first-order valence-corrected chi connectivity index (χ1v) is 9.16. The van der Waals surface area contributed by atoms with E-state index in [2.05, 4.69) is 27.6 Å². The fraction of sp³-hybridized carbons (Fsp3) is 0.238. The highest BCUT2D eigenvalue weighted by molar-refractivity contribution is 5.79. The number of ether oxygens (including phenoxy) is 1. The summed E-state index contributed by atoms with van der Waals surface area (Å²) in [6.07, 6.45) is -1.14. The Morgan fingerprint density at radius 2 is 1.76 bits per heavy atom. The van der Waals surface area contributed by atoms with Crippen molar-refractivity contribution in [2.24, 2.45) is 0 Å². The number of aliphatic carboxylic acids is 1. The maximum absolute atomic E-state index is 12.4. The van der Waals surface area contributed by atoms with Crippen molar-refractivity contribution in [3.8, 4) is 11.1 Å². The van der Waals surface area contributed by atoms with Crippen LogP contribution in [0.2, 0.25) is 0 Å². The van der Waals surface area contributed by atoms with E-state index in [1.165, 1.54) is 0 Å². The number of hydrogen-bond acceptors (Lipinski definition) is 6. The minimum absolute atomic E-state index is 0.0263. The number of nitrogens with zero attached hydrogens (tertiary/aromatic N) is 2. The topological polar surface area (TPSA) is 115 Å². The van der Waals surface area contributed by atoms with E-state index in [4.69, 9.17) is 14.4 Å². The van der Waals surface area contributed by atoms with Gasteiger partial charge in [-0.25, -0.2) is 4.79 Å². The Morgan fingerprint density at radius 3 is 2.31 bits per heavy atom. The second-order valence-electron chi connectivity index (χ2n) is 6.80. The highest BCUT2D eigenvalue weighted by Crippen LogP contribution is 2.44. The summed E-state index contributed by atoms with van der Waals surface area (Å²) in [5.74, 6) is -0.815. The van der Waals surface area contributed by atoms with Gasteiger partial charge >= 0.3 is 12.1 Å². The minimum Gasteiger partial charge on any atom is -0.481 e. The molecule has 4 rings (SSSR count). The van der Waals surface area contributed by atoms with Crippen LogP contribution in [0.15, 0.2) is 53.1 Å². The number of fused-ring (bicyclic) bond motifs is 3. The fourth-order valence-electron chi connectivity index (χ4n) is 3.61. The van der Waals surface area contributed by atoms with Gasteiger partial charge in [0.25, 0.3) is 0 Å². The Bertz CT molecular complexity index is 1020. The van der Waals surface area contributed by atoms with Crippen molar-refractivity contribution >= 4 is 12.1 Å². The zero-order valence-electron chi connectivity index (χ0n) is 15.7. The fourth-order valence-corrected chi connectivity index (χ4v) is 3.61. The van der Waals surface area contributed by atoms with Crippen molar-refractivity contribution in [1.29, 1.82) is 0 Å². The number of carboxylic acid groups (broad SMARTS) is 1. The maximum Gasteiger partial charge on any atom is 0.407 e. The third-order valence-corrected chi connectivity index (χ3v) is 4.86. The summed E-state index contributed by atoms with van der Waals surface area (Å²) in [6, 6.07) is 15.1. The third-order valence-electron chi connectivity index (χ3n) is 4.86. The zero-order chi connectivity index (χ0) is 20.4. The lowest BCUT2D eigenvalue weighted by atomic mass is 9.98. The normalized spacial score (nSPS) is 13.4. The summed E-state index contributed by atoms with van der Waals surface area (Å²) in [5, 5.41) is 15.3. The van der Waals surface area contributed by atoms with E-state index in [0.717, 1.165) is 22.3 Å². The Hall–Kier alpha value is -3.68. The van der Waals surface area contributed by atoms with Crippen LogP contribution in [-0.2, 0) is 9.53 Å². The molecule has 1 amide bonds.